The Kier molecular flexibility index (Phi) is 5.22. The molecule has 0 radical (unpaired) electrons. The van der Waals surface area contributed by atoms with Gasteiger partial charge in [-0.05, 0) is 34.1 Å². The van der Waals surface area contributed by atoms with Crippen LogP contribution in [0.5, 0.6) is 0 Å². The first-order valence-corrected chi connectivity index (χ1v) is 7.47. The minimum atomic E-state index is -0.955. The third kappa shape index (κ3) is 3.84. The van der Waals surface area contributed by atoms with Gasteiger partial charge in [-0.25, -0.2) is 4.79 Å². The normalized spacial score (nSPS) is 10.7. The minimum Gasteiger partial charge on any atom is -0.478 e. The molecule has 0 aliphatic heterocycles. The fourth-order valence-electron chi connectivity index (χ4n) is 1.55. The molecular weight excluding hydrogens is 346 g/mol. The van der Waals surface area contributed by atoms with Crippen LogP contribution in [0.1, 0.15) is 21.8 Å². The molecule has 0 saturated heterocycles. The Balaban J connectivity index is 2.03. The molecule has 1 aromatic heterocycles. The average Bonchev–Trinajstić information content (AvgIpc) is 2.86. The van der Waals surface area contributed by atoms with Crippen molar-refractivity contribution in [3.8, 4) is 0 Å². The lowest BCUT2D eigenvalue weighted by molar-refractivity contribution is 0.0695. The highest BCUT2D eigenvalue weighted by Crippen LogP contribution is 2.27. The molecule has 0 saturated carbocycles. The number of nitrogens with zero attached hydrogens (tertiary/aromatic N) is 1. The number of methoxy groups -OCH3 is 1. The molecule has 1 N–H and O–H groups in total. The second kappa shape index (κ2) is 6.92. The van der Waals surface area contributed by atoms with Crippen molar-refractivity contribution in [2.45, 2.75) is 17.3 Å². The lowest BCUT2D eigenvalue weighted by Gasteiger charge is -2.03. The molecule has 0 amide bonds. The van der Waals surface area contributed by atoms with Crippen molar-refractivity contribution >= 4 is 33.7 Å². The first-order valence-electron chi connectivity index (χ1n) is 5.69. The number of aromatic carboxylic acids is 1. The van der Waals surface area contributed by atoms with Crippen LogP contribution >= 0.6 is 27.7 Å². The van der Waals surface area contributed by atoms with Gasteiger partial charge < -0.3 is 14.4 Å². The summed E-state index contributed by atoms with van der Waals surface area (Å²) in [4.78, 5) is 11.9. The van der Waals surface area contributed by atoms with E-state index in [4.69, 9.17) is 14.4 Å². The van der Waals surface area contributed by atoms with Crippen molar-refractivity contribution in [3.63, 3.8) is 0 Å². The lowest BCUT2D eigenvalue weighted by Crippen LogP contribution is -1.97. The molecule has 0 atom stereocenters. The Labute approximate surface area is 128 Å². The van der Waals surface area contributed by atoms with Gasteiger partial charge in [0, 0.05) is 28.3 Å². The van der Waals surface area contributed by atoms with Crippen molar-refractivity contribution in [1.82, 2.24) is 5.16 Å². The molecule has 106 valence electrons. The summed E-state index contributed by atoms with van der Waals surface area (Å²) in [5, 5.41) is 13.0. The molecule has 0 fully saturated rings. The van der Waals surface area contributed by atoms with Gasteiger partial charge >= 0.3 is 5.97 Å². The first kappa shape index (κ1) is 15.1. The highest BCUT2D eigenvalue weighted by Gasteiger charge is 2.10. The maximum atomic E-state index is 11.0. The third-order valence-electron chi connectivity index (χ3n) is 2.45. The summed E-state index contributed by atoms with van der Waals surface area (Å²) >= 11 is 4.71. The number of ether oxygens (including phenoxy) is 1. The minimum absolute atomic E-state index is 0.246. The van der Waals surface area contributed by atoms with Crippen molar-refractivity contribution < 1.29 is 19.2 Å². The molecule has 5 nitrogen and oxygen atoms in total. The van der Waals surface area contributed by atoms with Crippen LogP contribution in [0.4, 0.5) is 0 Å². The smallest absolute Gasteiger partial charge is 0.336 e. The van der Waals surface area contributed by atoms with Gasteiger partial charge in [-0.1, -0.05) is 5.16 Å². The number of hydrogen-bond acceptors (Lipinski definition) is 5. The summed E-state index contributed by atoms with van der Waals surface area (Å²) in [6, 6.07) is 7.04. The van der Waals surface area contributed by atoms with Crippen molar-refractivity contribution in [1.29, 1.82) is 0 Å². The van der Waals surface area contributed by atoms with Gasteiger partial charge in [-0.3, -0.25) is 0 Å². The number of thioether (sulfide) groups is 1. The number of carbonyl (C=O) groups is 1. The Hall–Kier alpha value is -1.31. The summed E-state index contributed by atoms with van der Waals surface area (Å²) in [5.74, 6) is 0.321. The monoisotopic (exact) mass is 357 g/mol. The SMILES string of the molecule is COCc1cc(CSc2ccc(Br)c(C(=O)O)c2)no1. The van der Waals surface area contributed by atoms with E-state index in [0.29, 0.717) is 22.6 Å². The number of carboxylic acids is 1. The quantitative estimate of drug-likeness (QED) is 0.796. The standard InChI is InChI=1S/C13H12BrNO4S/c1-18-6-9-4-8(15-19-9)7-20-10-2-3-12(14)11(5-10)13(16)17/h2-5H,6-7H2,1H3,(H,16,17). The van der Waals surface area contributed by atoms with Gasteiger partial charge in [0.1, 0.15) is 6.61 Å². The van der Waals surface area contributed by atoms with Gasteiger partial charge in [-0.15, -0.1) is 11.8 Å². The van der Waals surface area contributed by atoms with E-state index in [0.717, 1.165) is 10.6 Å². The summed E-state index contributed by atoms with van der Waals surface area (Å²) in [6.45, 7) is 0.388. The molecule has 20 heavy (non-hydrogen) atoms. The molecule has 0 bridgehead atoms. The van der Waals surface area contributed by atoms with Gasteiger partial charge in [0.2, 0.25) is 0 Å². The molecule has 0 aliphatic carbocycles. The molecular formula is C13H12BrNO4S. The predicted octanol–water partition coefficient (Wildman–Crippen LogP) is 3.57. The van der Waals surface area contributed by atoms with E-state index >= 15 is 0 Å². The molecule has 7 heteroatoms. The predicted molar refractivity (Wildman–Crippen MR) is 77.9 cm³/mol. The highest BCUT2D eigenvalue weighted by molar-refractivity contribution is 9.10. The van der Waals surface area contributed by atoms with Crippen LogP contribution in [0, 0.1) is 0 Å². The van der Waals surface area contributed by atoms with Crippen LogP contribution in [0.3, 0.4) is 0 Å². The van der Waals surface area contributed by atoms with Gasteiger partial charge in [0.25, 0.3) is 0 Å². The fraction of sp³-hybridized carbons (Fsp3) is 0.231. The van der Waals surface area contributed by atoms with Crippen molar-refractivity contribution in [2.24, 2.45) is 0 Å². The molecule has 1 aromatic carbocycles. The number of hydrogen-bond donors (Lipinski definition) is 1. The molecule has 0 aliphatic rings. The molecule has 0 spiro atoms. The number of rotatable bonds is 6. The van der Waals surface area contributed by atoms with Crippen LogP contribution < -0.4 is 0 Å². The Bertz CT molecular complexity index is 614. The molecule has 0 unspecified atom stereocenters. The second-order valence-electron chi connectivity index (χ2n) is 3.95. The van der Waals surface area contributed by atoms with Crippen molar-refractivity contribution in [3.05, 3.63) is 45.8 Å². The number of carboxylic acid groups (broad SMARTS) is 1. The largest absolute Gasteiger partial charge is 0.478 e. The zero-order valence-corrected chi connectivity index (χ0v) is 13.0. The summed E-state index contributed by atoms with van der Waals surface area (Å²) in [6.07, 6.45) is 0. The van der Waals surface area contributed by atoms with Crippen LogP contribution in [0.25, 0.3) is 0 Å². The molecule has 1 heterocycles. The summed E-state index contributed by atoms with van der Waals surface area (Å²) in [5.41, 5.74) is 1.04. The Morgan fingerprint density at radius 3 is 3.00 bits per heavy atom. The number of aromatic nitrogens is 1. The molecule has 2 rings (SSSR count). The number of halogens is 1. The van der Waals surface area contributed by atoms with Crippen LogP contribution in [-0.4, -0.2) is 23.3 Å². The zero-order chi connectivity index (χ0) is 14.5. The van der Waals surface area contributed by atoms with E-state index in [9.17, 15) is 4.79 Å². The van der Waals surface area contributed by atoms with Crippen LogP contribution in [0.2, 0.25) is 0 Å². The average molecular weight is 358 g/mol. The lowest BCUT2D eigenvalue weighted by atomic mass is 10.2. The van der Waals surface area contributed by atoms with Crippen LogP contribution in [0.15, 0.2) is 38.2 Å². The third-order valence-corrected chi connectivity index (χ3v) is 4.17. The van der Waals surface area contributed by atoms with E-state index in [2.05, 4.69) is 21.1 Å². The number of benzene rings is 1. The van der Waals surface area contributed by atoms with E-state index < -0.39 is 5.97 Å². The summed E-state index contributed by atoms with van der Waals surface area (Å²) < 4.78 is 10.6. The Morgan fingerprint density at radius 2 is 2.30 bits per heavy atom. The van der Waals surface area contributed by atoms with E-state index in [1.165, 1.54) is 11.8 Å². The first-order chi connectivity index (χ1) is 9.60. The van der Waals surface area contributed by atoms with Gasteiger partial charge in [-0.2, -0.15) is 0 Å². The van der Waals surface area contributed by atoms with Gasteiger partial charge in [0.05, 0.1) is 11.3 Å². The van der Waals surface area contributed by atoms with E-state index in [-0.39, 0.29) is 5.56 Å². The topological polar surface area (TPSA) is 72.6 Å². The maximum absolute atomic E-state index is 11.0. The highest BCUT2D eigenvalue weighted by atomic mass is 79.9. The van der Waals surface area contributed by atoms with E-state index in [1.807, 2.05) is 12.1 Å². The van der Waals surface area contributed by atoms with Gasteiger partial charge in [0.15, 0.2) is 5.76 Å². The summed E-state index contributed by atoms with van der Waals surface area (Å²) in [7, 11) is 1.59. The van der Waals surface area contributed by atoms with Crippen LogP contribution in [-0.2, 0) is 17.1 Å². The van der Waals surface area contributed by atoms with E-state index in [1.54, 1.807) is 19.2 Å². The fourth-order valence-corrected chi connectivity index (χ4v) is 2.78. The van der Waals surface area contributed by atoms with Crippen molar-refractivity contribution in [2.75, 3.05) is 7.11 Å². The molecule has 2 aromatic rings. The second-order valence-corrected chi connectivity index (χ2v) is 5.86. The maximum Gasteiger partial charge on any atom is 0.336 e. The Morgan fingerprint density at radius 1 is 1.50 bits per heavy atom. The zero-order valence-electron chi connectivity index (χ0n) is 10.6.